The lowest BCUT2D eigenvalue weighted by atomic mass is 10.1. The molecule has 0 saturated carbocycles. The summed E-state index contributed by atoms with van der Waals surface area (Å²) >= 11 is 0. The molecule has 31 heavy (non-hydrogen) atoms. The van der Waals surface area contributed by atoms with Gasteiger partial charge in [0, 0.05) is 11.9 Å². The zero-order valence-electron chi connectivity index (χ0n) is 17.6. The molecular weight excluding hydrogens is 388 g/mol. The first-order chi connectivity index (χ1) is 15.1. The van der Waals surface area contributed by atoms with Gasteiger partial charge in [-0.3, -0.25) is 14.5 Å². The van der Waals surface area contributed by atoms with Gasteiger partial charge in [0.2, 0.25) is 11.8 Å². The van der Waals surface area contributed by atoms with Gasteiger partial charge in [-0.1, -0.05) is 55.5 Å². The second-order valence-electron chi connectivity index (χ2n) is 7.44. The standard InChI is InChI=1S/C25H24N4O2/c1-3-18-12-7-9-17(2)24(18)28-22(30)16-29-23(31)15-21(19-10-5-4-6-11-19)27-20-13-8-14-26-25(20)29/h4-14H,3,15-16H2,1-2H3,(H,28,30). The summed E-state index contributed by atoms with van der Waals surface area (Å²) in [7, 11) is 0. The van der Waals surface area contributed by atoms with Gasteiger partial charge < -0.3 is 5.32 Å². The zero-order chi connectivity index (χ0) is 21.8. The summed E-state index contributed by atoms with van der Waals surface area (Å²) in [6.07, 6.45) is 2.51. The van der Waals surface area contributed by atoms with Crippen LogP contribution in [0, 0.1) is 6.92 Å². The van der Waals surface area contributed by atoms with Gasteiger partial charge in [0.25, 0.3) is 0 Å². The van der Waals surface area contributed by atoms with Crippen molar-refractivity contribution in [3.8, 4) is 0 Å². The normalized spacial score (nSPS) is 13.3. The van der Waals surface area contributed by atoms with Crippen molar-refractivity contribution in [3.63, 3.8) is 0 Å². The van der Waals surface area contributed by atoms with Gasteiger partial charge >= 0.3 is 0 Å². The molecule has 6 heteroatoms. The van der Waals surface area contributed by atoms with E-state index in [4.69, 9.17) is 4.99 Å². The van der Waals surface area contributed by atoms with Gasteiger partial charge in [-0.2, -0.15) is 0 Å². The van der Waals surface area contributed by atoms with E-state index in [1.54, 1.807) is 12.3 Å². The molecule has 1 aliphatic rings. The molecule has 0 fully saturated rings. The van der Waals surface area contributed by atoms with Crippen LogP contribution >= 0.6 is 0 Å². The molecule has 156 valence electrons. The molecule has 0 bridgehead atoms. The number of carbonyl (C=O) groups excluding carboxylic acids is 2. The number of fused-ring (bicyclic) bond motifs is 1. The summed E-state index contributed by atoms with van der Waals surface area (Å²) in [5, 5.41) is 2.99. The molecule has 0 unspecified atom stereocenters. The van der Waals surface area contributed by atoms with Crippen LogP contribution in [0.5, 0.6) is 0 Å². The van der Waals surface area contributed by atoms with Crippen LogP contribution in [0.4, 0.5) is 17.2 Å². The average Bonchev–Trinajstić information content (AvgIpc) is 2.92. The molecule has 0 saturated heterocycles. The minimum Gasteiger partial charge on any atom is -0.324 e. The molecule has 6 nitrogen and oxygen atoms in total. The first-order valence-electron chi connectivity index (χ1n) is 10.3. The lowest BCUT2D eigenvalue weighted by Gasteiger charge is -2.21. The van der Waals surface area contributed by atoms with E-state index in [0.29, 0.717) is 17.2 Å². The third-order valence-electron chi connectivity index (χ3n) is 5.31. The van der Waals surface area contributed by atoms with Crippen molar-refractivity contribution in [1.82, 2.24) is 4.98 Å². The smallest absolute Gasteiger partial charge is 0.244 e. The lowest BCUT2D eigenvalue weighted by molar-refractivity contribution is -0.120. The van der Waals surface area contributed by atoms with Crippen molar-refractivity contribution < 1.29 is 9.59 Å². The van der Waals surface area contributed by atoms with Crippen molar-refractivity contribution in [3.05, 3.63) is 83.6 Å². The van der Waals surface area contributed by atoms with Crippen LogP contribution < -0.4 is 10.2 Å². The zero-order valence-corrected chi connectivity index (χ0v) is 17.6. The molecule has 2 heterocycles. The second-order valence-corrected chi connectivity index (χ2v) is 7.44. The fraction of sp³-hybridized carbons (Fsp3) is 0.200. The summed E-state index contributed by atoms with van der Waals surface area (Å²) in [6, 6.07) is 19.1. The van der Waals surface area contributed by atoms with Gasteiger partial charge in [0.05, 0.1) is 12.1 Å². The third-order valence-corrected chi connectivity index (χ3v) is 5.31. The predicted molar refractivity (Wildman–Crippen MR) is 123 cm³/mol. The van der Waals surface area contributed by atoms with Gasteiger partial charge in [0.1, 0.15) is 12.2 Å². The van der Waals surface area contributed by atoms with Crippen molar-refractivity contribution in [2.24, 2.45) is 4.99 Å². The molecule has 1 N–H and O–H groups in total. The van der Waals surface area contributed by atoms with E-state index in [1.165, 1.54) is 4.90 Å². The first kappa shape index (κ1) is 20.5. The van der Waals surface area contributed by atoms with E-state index in [0.717, 1.165) is 28.8 Å². The minimum absolute atomic E-state index is 0.0955. The number of benzene rings is 2. The van der Waals surface area contributed by atoms with E-state index >= 15 is 0 Å². The maximum absolute atomic E-state index is 13.2. The second kappa shape index (κ2) is 8.92. The Morgan fingerprint density at radius 1 is 1.06 bits per heavy atom. The predicted octanol–water partition coefficient (Wildman–Crippen LogP) is 4.45. The molecule has 2 amide bonds. The Balaban J connectivity index is 1.62. The molecule has 1 aliphatic heterocycles. The van der Waals surface area contributed by atoms with E-state index in [9.17, 15) is 9.59 Å². The Morgan fingerprint density at radius 3 is 2.65 bits per heavy atom. The monoisotopic (exact) mass is 412 g/mol. The highest BCUT2D eigenvalue weighted by Crippen LogP contribution is 2.31. The van der Waals surface area contributed by atoms with Crippen molar-refractivity contribution in [2.45, 2.75) is 26.7 Å². The van der Waals surface area contributed by atoms with E-state index < -0.39 is 0 Å². The number of nitrogens with zero attached hydrogens (tertiary/aromatic N) is 3. The van der Waals surface area contributed by atoms with Crippen LogP contribution in [-0.4, -0.2) is 29.1 Å². The van der Waals surface area contributed by atoms with Gasteiger partial charge in [-0.05, 0) is 42.2 Å². The molecule has 4 rings (SSSR count). The van der Waals surface area contributed by atoms with E-state index in [1.807, 2.05) is 68.4 Å². The first-order valence-corrected chi connectivity index (χ1v) is 10.3. The Labute approximate surface area is 181 Å². The number of nitrogens with one attached hydrogen (secondary N) is 1. The van der Waals surface area contributed by atoms with Crippen LogP contribution in [0.1, 0.15) is 30.0 Å². The molecule has 0 spiro atoms. The quantitative estimate of drug-likeness (QED) is 0.673. The number of aliphatic imine (C=N–C) groups is 1. The van der Waals surface area contributed by atoms with Gasteiger partial charge in [-0.25, -0.2) is 9.98 Å². The number of aryl methyl sites for hydroxylation is 2. The fourth-order valence-corrected chi connectivity index (χ4v) is 3.71. The SMILES string of the molecule is CCc1cccc(C)c1NC(=O)CN1C(=O)CC(c2ccccc2)=Nc2cccnc21. The van der Waals surface area contributed by atoms with Crippen LogP contribution in [0.2, 0.25) is 0 Å². The van der Waals surface area contributed by atoms with Crippen LogP contribution in [-0.2, 0) is 16.0 Å². The van der Waals surface area contributed by atoms with Crippen LogP contribution in [0.25, 0.3) is 0 Å². The number of pyridine rings is 1. The number of anilines is 2. The molecule has 0 atom stereocenters. The number of hydrogen-bond acceptors (Lipinski definition) is 4. The Morgan fingerprint density at radius 2 is 1.87 bits per heavy atom. The maximum atomic E-state index is 13.2. The fourth-order valence-electron chi connectivity index (χ4n) is 3.71. The Kier molecular flexibility index (Phi) is 5.89. The Bertz CT molecular complexity index is 1160. The van der Waals surface area contributed by atoms with Crippen LogP contribution in [0.3, 0.4) is 0 Å². The maximum Gasteiger partial charge on any atom is 0.244 e. The highest BCUT2D eigenvalue weighted by atomic mass is 16.2. The summed E-state index contributed by atoms with van der Waals surface area (Å²) in [4.78, 5) is 36.6. The van der Waals surface area contributed by atoms with Crippen molar-refractivity contribution in [1.29, 1.82) is 0 Å². The third kappa shape index (κ3) is 4.38. The lowest BCUT2D eigenvalue weighted by Crippen LogP contribution is -2.39. The molecule has 3 aromatic rings. The number of hydrogen-bond donors (Lipinski definition) is 1. The summed E-state index contributed by atoms with van der Waals surface area (Å²) in [5.74, 6) is -0.0816. The summed E-state index contributed by atoms with van der Waals surface area (Å²) in [6.45, 7) is 3.88. The highest BCUT2D eigenvalue weighted by Gasteiger charge is 2.28. The number of aromatic nitrogens is 1. The molecule has 1 aromatic heterocycles. The number of carbonyl (C=O) groups is 2. The van der Waals surface area contributed by atoms with E-state index in [-0.39, 0.29) is 24.8 Å². The average molecular weight is 412 g/mol. The summed E-state index contributed by atoms with van der Waals surface area (Å²) in [5.41, 5.74) is 4.97. The molecule has 0 aliphatic carbocycles. The van der Waals surface area contributed by atoms with Crippen molar-refractivity contribution >= 4 is 34.7 Å². The topological polar surface area (TPSA) is 74.7 Å². The van der Waals surface area contributed by atoms with Gasteiger partial charge in [0.15, 0.2) is 5.82 Å². The number of amides is 2. The molecular formula is C25H24N4O2. The largest absolute Gasteiger partial charge is 0.324 e. The van der Waals surface area contributed by atoms with Crippen molar-refractivity contribution in [2.75, 3.05) is 16.8 Å². The number of rotatable bonds is 5. The Hall–Kier alpha value is -3.80. The van der Waals surface area contributed by atoms with Crippen LogP contribution in [0.15, 0.2) is 71.9 Å². The van der Waals surface area contributed by atoms with E-state index in [2.05, 4.69) is 10.3 Å². The molecule has 2 aromatic carbocycles. The number of para-hydroxylation sites is 1. The highest BCUT2D eigenvalue weighted by molar-refractivity contribution is 6.18. The van der Waals surface area contributed by atoms with Gasteiger partial charge in [-0.15, -0.1) is 0 Å². The minimum atomic E-state index is -0.267. The summed E-state index contributed by atoms with van der Waals surface area (Å²) < 4.78 is 0. The molecule has 0 radical (unpaired) electrons.